The fourth-order valence-electron chi connectivity index (χ4n) is 1.47. The Morgan fingerprint density at radius 3 is 2.94 bits per heavy atom. The summed E-state index contributed by atoms with van der Waals surface area (Å²) in [6.45, 7) is 3.32. The molecule has 1 atom stereocenters. The Morgan fingerprint density at radius 1 is 1.62 bits per heavy atom. The molecule has 0 aliphatic carbocycles. The molecule has 0 aromatic carbocycles. The van der Waals surface area contributed by atoms with Crippen molar-refractivity contribution in [3.63, 3.8) is 0 Å². The normalized spacial score (nSPS) is 12.4. The predicted octanol–water partition coefficient (Wildman–Crippen LogP) is 1.00. The van der Waals surface area contributed by atoms with Gasteiger partial charge in [-0.05, 0) is 30.5 Å². The molecule has 4 heteroatoms. The van der Waals surface area contributed by atoms with Gasteiger partial charge in [0.15, 0.2) is 0 Å². The van der Waals surface area contributed by atoms with Crippen LogP contribution in [0.4, 0.5) is 0 Å². The van der Waals surface area contributed by atoms with Crippen LogP contribution in [0.5, 0.6) is 0 Å². The van der Waals surface area contributed by atoms with Crippen molar-refractivity contribution in [2.45, 2.75) is 19.8 Å². The largest absolute Gasteiger partial charge is 0.367 e. The minimum absolute atomic E-state index is 0.175. The number of amides is 1. The van der Waals surface area contributed by atoms with Crippen LogP contribution in [-0.4, -0.2) is 35.9 Å². The Labute approximate surface area is 96.8 Å². The highest BCUT2D eigenvalue weighted by Crippen LogP contribution is 2.04. The van der Waals surface area contributed by atoms with Crippen LogP contribution >= 0.6 is 0 Å². The summed E-state index contributed by atoms with van der Waals surface area (Å²) in [7, 11) is 1.85. The Kier molecular flexibility index (Phi) is 5.05. The third-order valence-electron chi connectivity index (χ3n) is 2.75. The fourth-order valence-corrected chi connectivity index (χ4v) is 1.47. The van der Waals surface area contributed by atoms with Gasteiger partial charge in [0.1, 0.15) is 0 Å². The summed E-state index contributed by atoms with van der Waals surface area (Å²) >= 11 is 0. The lowest BCUT2D eigenvalue weighted by atomic mass is 10.1. The third-order valence-corrected chi connectivity index (χ3v) is 2.75. The molecule has 0 bridgehead atoms. The first-order chi connectivity index (χ1) is 7.63. The molecule has 0 radical (unpaired) electrons. The van der Waals surface area contributed by atoms with Crippen LogP contribution in [0.3, 0.4) is 0 Å². The number of nitrogens with one attached hydrogen (secondary N) is 1. The number of H-pyrrole nitrogens is 1. The second-order valence-corrected chi connectivity index (χ2v) is 4.33. The fraction of sp³-hybridized carbons (Fsp3) is 0.583. The van der Waals surface area contributed by atoms with Gasteiger partial charge in [0.25, 0.3) is 0 Å². The zero-order chi connectivity index (χ0) is 12.0. The zero-order valence-electron chi connectivity index (χ0n) is 10.1. The molecule has 0 spiro atoms. The number of aromatic amines is 1. The minimum Gasteiger partial charge on any atom is -0.367 e. The molecule has 1 aromatic heterocycles. The van der Waals surface area contributed by atoms with Crippen LogP contribution in [0.15, 0.2) is 18.5 Å². The summed E-state index contributed by atoms with van der Waals surface area (Å²) in [6, 6.07) is 2.03. The highest BCUT2D eigenvalue weighted by molar-refractivity contribution is 5.76. The number of nitrogens with two attached hydrogens (primary N) is 1. The smallest absolute Gasteiger partial charge is 0.222 e. The van der Waals surface area contributed by atoms with Crippen molar-refractivity contribution >= 4 is 5.91 Å². The second kappa shape index (κ2) is 6.33. The third kappa shape index (κ3) is 4.06. The van der Waals surface area contributed by atoms with Crippen LogP contribution < -0.4 is 5.73 Å². The molecular formula is C12H21N3O. The number of likely N-dealkylation sites (N-methyl/N-ethyl adjacent to an activating group) is 1. The first-order valence-electron chi connectivity index (χ1n) is 5.69. The summed E-state index contributed by atoms with van der Waals surface area (Å²) in [6.07, 6.45) is 5.29. The number of nitrogens with zero attached hydrogens (tertiary/aromatic N) is 1. The molecule has 0 fully saturated rings. The first-order valence-corrected chi connectivity index (χ1v) is 5.69. The molecule has 1 unspecified atom stereocenters. The lowest BCUT2D eigenvalue weighted by Gasteiger charge is -2.18. The number of carbonyl (C=O) groups excluding carboxylic acids is 1. The predicted molar refractivity (Wildman–Crippen MR) is 65.0 cm³/mol. The highest BCUT2D eigenvalue weighted by atomic mass is 16.2. The van der Waals surface area contributed by atoms with E-state index in [4.69, 9.17) is 5.73 Å². The van der Waals surface area contributed by atoms with Gasteiger partial charge in [0, 0.05) is 32.4 Å². The number of rotatable bonds is 6. The maximum absolute atomic E-state index is 11.7. The Hall–Kier alpha value is -1.29. The van der Waals surface area contributed by atoms with Crippen molar-refractivity contribution < 1.29 is 4.79 Å². The van der Waals surface area contributed by atoms with E-state index in [0.29, 0.717) is 13.0 Å². The van der Waals surface area contributed by atoms with Crippen LogP contribution in [0.2, 0.25) is 0 Å². The van der Waals surface area contributed by atoms with Crippen LogP contribution in [0.1, 0.15) is 18.9 Å². The number of aromatic nitrogens is 1. The topological polar surface area (TPSA) is 62.1 Å². The maximum Gasteiger partial charge on any atom is 0.222 e. The number of hydrogen-bond acceptors (Lipinski definition) is 2. The zero-order valence-corrected chi connectivity index (χ0v) is 10.1. The van der Waals surface area contributed by atoms with Crippen molar-refractivity contribution in [2.75, 3.05) is 20.1 Å². The standard InChI is InChI=1S/C12H21N3O/c1-10(8-13)7-12(16)15(2)6-4-11-3-5-14-9-11/h3,5,9-10,14H,4,6-8,13H2,1-2H3. The number of hydrogen-bond donors (Lipinski definition) is 2. The summed E-state index contributed by atoms with van der Waals surface area (Å²) in [5, 5.41) is 0. The van der Waals surface area contributed by atoms with E-state index in [-0.39, 0.29) is 11.8 Å². The van der Waals surface area contributed by atoms with Crippen LogP contribution in [0.25, 0.3) is 0 Å². The molecule has 1 aromatic rings. The van der Waals surface area contributed by atoms with Gasteiger partial charge in [-0.3, -0.25) is 4.79 Å². The molecule has 0 saturated heterocycles. The van der Waals surface area contributed by atoms with Gasteiger partial charge in [-0.15, -0.1) is 0 Å². The van der Waals surface area contributed by atoms with Gasteiger partial charge >= 0.3 is 0 Å². The molecule has 3 N–H and O–H groups in total. The van der Waals surface area contributed by atoms with E-state index in [1.807, 2.05) is 32.4 Å². The summed E-state index contributed by atoms with van der Waals surface area (Å²) in [5.41, 5.74) is 6.72. The molecule has 16 heavy (non-hydrogen) atoms. The molecule has 1 rings (SSSR count). The van der Waals surface area contributed by atoms with E-state index >= 15 is 0 Å². The lowest BCUT2D eigenvalue weighted by Crippen LogP contribution is -2.31. The van der Waals surface area contributed by atoms with Crippen molar-refractivity contribution in [3.05, 3.63) is 24.0 Å². The summed E-state index contributed by atoms with van der Waals surface area (Å²) in [4.78, 5) is 16.5. The van der Waals surface area contributed by atoms with Gasteiger partial charge in [0.2, 0.25) is 5.91 Å². The SMILES string of the molecule is CC(CN)CC(=O)N(C)CCc1cc[nH]c1. The molecule has 0 aliphatic heterocycles. The molecule has 1 heterocycles. The van der Waals surface area contributed by atoms with E-state index in [1.54, 1.807) is 4.90 Å². The Morgan fingerprint density at radius 2 is 2.38 bits per heavy atom. The quantitative estimate of drug-likeness (QED) is 0.755. The van der Waals surface area contributed by atoms with Crippen LogP contribution in [-0.2, 0) is 11.2 Å². The molecule has 4 nitrogen and oxygen atoms in total. The molecule has 0 saturated carbocycles. The van der Waals surface area contributed by atoms with Gasteiger partial charge < -0.3 is 15.6 Å². The number of carbonyl (C=O) groups is 1. The molecule has 0 aliphatic rings. The van der Waals surface area contributed by atoms with E-state index in [9.17, 15) is 4.79 Å². The lowest BCUT2D eigenvalue weighted by molar-refractivity contribution is -0.130. The Bertz CT molecular complexity index is 308. The van der Waals surface area contributed by atoms with Gasteiger partial charge in [0.05, 0.1) is 0 Å². The monoisotopic (exact) mass is 223 g/mol. The van der Waals surface area contributed by atoms with Crippen molar-refractivity contribution in [1.29, 1.82) is 0 Å². The average Bonchev–Trinajstić information content (AvgIpc) is 2.78. The highest BCUT2D eigenvalue weighted by Gasteiger charge is 2.12. The van der Waals surface area contributed by atoms with E-state index in [0.717, 1.165) is 13.0 Å². The van der Waals surface area contributed by atoms with E-state index in [2.05, 4.69) is 4.98 Å². The van der Waals surface area contributed by atoms with Crippen molar-refractivity contribution in [3.8, 4) is 0 Å². The van der Waals surface area contributed by atoms with E-state index < -0.39 is 0 Å². The van der Waals surface area contributed by atoms with Crippen molar-refractivity contribution in [1.82, 2.24) is 9.88 Å². The van der Waals surface area contributed by atoms with Gasteiger partial charge in [-0.1, -0.05) is 6.92 Å². The second-order valence-electron chi connectivity index (χ2n) is 4.33. The minimum atomic E-state index is 0.175. The van der Waals surface area contributed by atoms with Crippen LogP contribution in [0, 0.1) is 5.92 Å². The van der Waals surface area contributed by atoms with Gasteiger partial charge in [-0.2, -0.15) is 0 Å². The summed E-state index contributed by atoms with van der Waals surface area (Å²) < 4.78 is 0. The Balaban J connectivity index is 2.29. The average molecular weight is 223 g/mol. The van der Waals surface area contributed by atoms with Gasteiger partial charge in [-0.25, -0.2) is 0 Å². The molecular weight excluding hydrogens is 202 g/mol. The van der Waals surface area contributed by atoms with E-state index in [1.165, 1.54) is 5.56 Å². The first kappa shape index (κ1) is 12.8. The summed E-state index contributed by atoms with van der Waals surface area (Å²) in [5.74, 6) is 0.440. The molecule has 1 amide bonds. The van der Waals surface area contributed by atoms with Crippen molar-refractivity contribution in [2.24, 2.45) is 11.7 Å². The molecule has 90 valence electrons. The maximum atomic E-state index is 11.7.